The van der Waals surface area contributed by atoms with Crippen LogP contribution < -0.4 is 21.5 Å². The van der Waals surface area contributed by atoms with Crippen LogP contribution in [-0.2, 0) is 9.53 Å². The molecule has 0 heterocycles. The Kier molecular flexibility index (Phi) is 10.7. The van der Waals surface area contributed by atoms with Crippen LogP contribution in [-0.4, -0.2) is 43.8 Å². The maximum absolute atomic E-state index is 12.0. The van der Waals surface area contributed by atoms with Gasteiger partial charge in [0, 0.05) is 23.2 Å². The number of nitrogens with one attached hydrogen (secondary N) is 3. The van der Waals surface area contributed by atoms with E-state index in [2.05, 4.69) is 10.1 Å². The summed E-state index contributed by atoms with van der Waals surface area (Å²) < 4.78 is 9.74. The van der Waals surface area contributed by atoms with Gasteiger partial charge in [-0.25, -0.2) is 0 Å². The number of benzene rings is 2. The first kappa shape index (κ1) is 24.2. The second kappa shape index (κ2) is 13.3. The Labute approximate surface area is 175 Å². The van der Waals surface area contributed by atoms with E-state index in [4.69, 9.17) is 27.0 Å². The third-order valence-corrected chi connectivity index (χ3v) is 3.71. The summed E-state index contributed by atoms with van der Waals surface area (Å²) in [6.07, 6.45) is 0.640. The molecule has 0 aliphatic carbocycles. The van der Waals surface area contributed by atoms with Crippen LogP contribution in [0.3, 0.4) is 0 Å². The number of amides is 1. The smallest absolute Gasteiger partial charge is 0.293 e. The quantitative estimate of drug-likeness (QED) is 0.172. The molecule has 0 bridgehead atoms. The molecule has 2 rings (SSSR count). The molecule has 0 aliphatic heterocycles. The fraction of sp³-hybridized carbons (Fsp3) is 0.238. The maximum atomic E-state index is 12.0. The minimum atomic E-state index is -0.186. The molecule has 9 nitrogen and oxygen atoms in total. The minimum absolute atomic E-state index is 0.00601. The molecule has 0 saturated carbocycles. The number of amidine groups is 2. The van der Waals surface area contributed by atoms with Crippen molar-refractivity contribution in [3.8, 4) is 5.75 Å². The van der Waals surface area contributed by atoms with E-state index in [0.717, 1.165) is 0 Å². The van der Waals surface area contributed by atoms with Crippen LogP contribution in [0.25, 0.3) is 0 Å². The van der Waals surface area contributed by atoms with E-state index in [9.17, 15) is 9.59 Å². The minimum Gasteiger partial charge on any atom is -0.494 e. The molecule has 0 fully saturated rings. The average Bonchev–Trinajstić information content (AvgIpc) is 2.74. The van der Waals surface area contributed by atoms with Crippen LogP contribution in [0.4, 0.5) is 0 Å². The van der Waals surface area contributed by atoms with E-state index in [1.165, 1.54) is 0 Å². The van der Waals surface area contributed by atoms with Crippen molar-refractivity contribution in [2.24, 2.45) is 11.5 Å². The predicted molar refractivity (Wildman–Crippen MR) is 115 cm³/mol. The van der Waals surface area contributed by atoms with Gasteiger partial charge in [-0.15, -0.1) is 0 Å². The van der Waals surface area contributed by atoms with Crippen molar-refractivity contribution in [2.75, 3.05) is 19.8 Å². The van der Waals surface area contributed by atoms with Crippen LogP contribution in [0.15, 0.2) is 48.5 Å². The van der Waals surface area contributed by atoms with Gasteiger partial charge in [-0.2, -0.15) is 0 Å². The zero-order chi connectivity index (χ0) is 22.4. The lowest BCUT2D eigenvalue weighted by atomic mass is 10.1. The van der Waals surface area contributed by atoms with Gasteiger partial charge in [-0.3, -0.25) is 20.4 Å². The van der Waals surface area contributed by atoms with Gasteiger partial charge in [-0.05, 0) is 37.6 Å². The second-order valence-corrected chi connectivity index (χ2v) is 5.94. The summed E-state index contributed by atoms with van der Waals surface area (Å²) >= 11 is 0. The highest BCUT2D eigenvalue weighted by Crippen LogP contribution is 2.13. The number of nitrogens with two attached hydrogens (primary N) is 2. The highest BCUT2D eigenvalue weighted by atomic mass is 16.5. The summed E-state index contributed by atoms with van der Waals surface area (Å²) in [6.45, 7) is 3.57. The molecular formula is C21H27N5O4. The number of ether oxygens (including phenoxy) is 2. The highest BCUT2D eigenvalue weighted by Gasteiger charge is 2.05. The molecule has 160 valence electrons. The fourth-order valence-corrected chi connectivity index (χ4v) is 2.19. The molecule has 0 aliphatic rings. The molecule has 0 atom stereocenters. The van der Waals surface area contributed by atoms with E-state index in [-0.39, 0.29) is 17.6 Å². The van der Waals surface area contributed by atoms with Gasteiger partial charge >= 0.3 is 0 Å². The Morgan fingerprint density at radius 2 is 1.67 bits per heavy atom. The zero-order valence-corrected chi connectivity index (χ0v) is 16.8. The van der Waals surface area contributed by atoms with Crippen LogP contribution in [0.1, 0.15) is 34.8 Å². The summed E-state index contributed by atoms with van der Waals surface area (Å²) in [5.41, 5.74) is 12.5. The van der Waals surface area contributed by atoms with Gasteiger partial charge in [0.1, 0.15) is 17.4 Å². The first-order chi connectivity index (χ1) is 14.4. The Morgan fingerprint density at radius 1 is 1.03 bits per heavy atom. The monoisotopic (exact) mass is 413 g/mol. The Morgan fingerprint density at radius 3 is 2.20 bits per heavy atom. The molecule has 7 N–H and O–H groups in total. The number of rotatable bonds is 10. The molecular weight excluding hydrogens is 386 g/mol. The van der Waals surface area contributed by atoms with Crippen molar-refractivity contribution in [3.05, 3.63) is 65.2 Å². The Bertz CT molecular complexity index is 853. The van der Waals surface area contributed by atoms with Crippen LogP contribution >= 0.6 is 0 Å². The topological polar surface area (TPSA) is 164 Å². The van der Waals surface area contributed by atoms with Gasteiger partial charge in [0.25, 0.3) is 12.4 Å². The van der Waals surface area contributed by atoms with Crippen molar-refractivity contribution < 1.29 is 19.1 Å². The van der Waals surface area contributed by atoms with Crippen molar-refractivity contribution in [1.82, 2.24) is 5.32 Å². The van der Waals surface area contributed by atoms with Crippen molar-refractivity contribution in [3.63, 3.8) is 0 Å². The Hall–Kier alpha value is -3.88. The standard InChI is InChI=1S/C18H21N5O2.C3H6O2/c19-16(20)12-5-7-13(8-6-12)18(24)23-9-2-10-25-15-4-1-3-14(11-15)17(21)22;1-2-5-3-4/h1,3-8,11H,2,9-10H2,(H3,19,20)(H3,21,22)(H,23,24);3H,2H2,1H3. The highest BCUT2D eigenvalue weighted by molar-refractivity contribution is 5.98. The molecule has 30 heavy (non-hydrogen) atoms. The summed E-state index contributed by atoms with van der Waals surface area (Å²) in [6, 6.07) is 13.6. The third-order valence-electron chi connectivity index (χ3n) is 3.71. The van der Waals surface area contributed by atoms with Gasteiger partial charge in [0.2, 0.25) is 0 Å². The maximum Gasteiger partial charge on any atom is 0.293 e. The average molecular weight is 413 g/mol. The van der Waals surface area contributed by atoms with Gasteiger partial charge in [0.15, 0.2) is 0 Å². The lowest BCUT2D eigenvalue weighted by Gasteiger charge is -2.09. The number of hydrogen-bond acceptors (Lipinski definition) is 6. The van der Waals surface area contributed by atoms with E-state index in [1.54, 1.807) is 55.5 Å². The molecule has 2 aromatic rings. The van der Waals surface area contributed by atoms with Gasteiger partial charge < -0.3 is 26.3 Å². The zero-order valence-electron chi connectivity index (χ0n) is 16.8. The SMILES string of the molecule is CCOC=O.N=C(N)c1ccc(C(=O)NCCCOc2cccc(C(=N)N)c2)cc1. The molecule has 0 spiro atoms. The fourth-order valence-electron chi connectivity index (χ4n) is 2.19. The van der Waals surface area contributed by atoms with Crippen LogP contribution in [0, 0.1) is 10.8 Å². The summed E-state index contributed by atoms with van der Waals surface area (Å²) in [5.74, 6) is 0.416. The van der Waals surface area contributed by atoms with Crippen molar-refractivity contribution in [1.29, 1.82) is 10.8 Å². The lowest BCUT2D eigenvalue weighted by Crippen LogP contribution is -2.25. The first-order valence-electron chi connectivity index (χ1n) is 9.24. The number of hydrogen-bond donors (Lipinski definition) is 5. The molecule has 0 radical (unpaired) electrons. The normalized spacial score (nSPS) is 9.50. The van der Waals surface area contributed by atoms with Crippen LogP contribution in [0.2, 0.25) is 0 Å². The van der Waals surface area contributed by atoms with E-state index < -0.39 is 0 Å². The Balaban J connectivity index is 0.000000804. The number of nitrogen functional groups attached to an aromatic ring is 2. The molecule has 0 aromatic heterocycles. The van der Waals surface area contributed by atoms with Gasteiger partial charge in [-0.1, -0.05) is 24.3 Å². The summed E-state index contributed by atoms with van der Waals surface area (Å²) in [4.78, 5) is 21.2. The summed E-state index contributed by atoms with van der Waals surface area (Å²) in [7, 11) is 0. The number of carbonyl (C=O) groups is 2. The molecule has 0 unspecified atom stereocenters. The first-order valence-corrected chi connectivity index (χ1v) is 9.24. The van der Waals surface area contributed by atoms with E-state index >= 15 is 0 Å². The molecule has 9 heteroatoms. The van der Waals surface area contributed by atoms with Crippen LogP contribution in [0.5, 0.6) is 5.75 Å². The van der Waals surface area contributed by atoms with Gasteiger partial charge in [0.05, 0.1) is 13.2 Å². The molecule has 2 aromatic carbocycles. The largest absolute Gasteiger partial charge is 0.494 e. The molecule has 0 saturated heterocycles. The predicted octanol–water partition coefficient (Wildman–Crippen LogP) is 1.63. The summed E-state index contributed by atoms with van der Waals surface area (Å²) in [5, 5.41) is 17.5. The lowest BCUT2D eigenvalue weighted by molar-refractivity contribution is -0.128. The number of carbonyl (C=O) groups excluding carboxylic acids is 2. The van der Waals surface area contributed by atoms with E-state index in [1.807, 2.05) is 0 Å². The van der Waals surface area contributed by atoms with E-state index in [0.29, 0.717) is 55.1 Å². The van der Waals surface area contributed by atoms with Crippen molar-refractivity contribution in [2.45, 2.75) is 13.3 Å². The molecule has 1 amide bonds. The van der Waals surface area contributed by atoms with Crippen molar-refractivity contribution >= 4 is 24.1 Å². The third kappa shape index (κ3) is 8.87. The second-order valence-electron chi connectivity index (χ2n) is 5.94.